The van der Waals surface area contributed by atoms with E-state index >= 15 is 0 Å². The van der Waals surface area contributed by atoms with Crippen LogP contribution in [0.1, 0.15) is 24.4 Å². The van der Waals surface area contributed by atoms with Gasteiger partial charge in [0.15, 0.2) is 0 Å². The minimum absolute atomic E-state index is 0. The van der Waals surface area contributed by atoms with Crippen LogP contribution in [0.4, 0.5) is 0 Å². The molecule has 2 heterocycles. The van der Waals surface area contributed by atoms with Crippen LogP contribution in [-0.2, 0) is 13.3 Å². The van der Waals surface area contributed by atoms with Gasteiger partial charge in [0.2, 0.25) is 0 Å². The molecule has 24 heavy (non-hydrogen) atoms. The van der Waals surface area contributed by atoms with Crippen LogP contribution >= 0.6 is 34.0 Å². The summed E-state index contributed by atoms with van der Waals surface area (Å²) in [6.07, 6.45) is 8.08. The van der Waals surface area contributed by atoms with Crippen molar-refractivity contribution in [2.45, 2.75) is 18.9 Å². The molecule has 2 rings (SSSR count). The molecule has 1 atom stereocenters. The van der Waals surface area contributed by atoms with Gasteiger partial charge in [-0.2, -0.15) is 0 Å². The van der Waals surface area contributed by atoms with Gasteiger partial charge in [-0.25, -0.2) is 0 Å². The SMILES string of the molecule is Br.Br.CCC(c1cnccc1-c1ccncc1)[Si](OC)(OC)OC. The highest BCUT2D eigenvalue weighted by Gasteiger charge is 2.48. The zero-order valence-electron chi connectivity index (χ0n) is 14.3. The van der Waals surface area contributed by atoms with Crippen molar-refractivity contribution in [1.82, 2.24) is 9.97 Å². The third-order valence-electron chi connectivity index (χ3n) is 3.91. The summed E-state index contributed by atoms with van der Waals surface area (Å²) >= 11 is 0. The van der Waals surface area contributed by atoms with Crippen molar-refractivity contribution in [2.24, 2.45) is 0 Å². The molecule has 0 aliphatic carbocycles. The lowest BCUT2D eigenvalue weighted by atomic mass is 9.99. The van der Waals surface area contributed by atoms with Crippen molar-refractivity contribution in [3.63, 3.8) is 0 Å². The molecular formula is C16H24Br2N2O3Si. The van der Waals surface area contributed by atoms with Crippen LogP contribution in [0.2, 0.25) is 0 Å². The highest BCUT2D eigenvalue weighted by atomic mass is 79.9. The number of nitrogens with zero attached hydrogens (tertiary/aromatic N) is 2. The molecule has 0 radical (unpaired) electrons. The molecule has 0 aliphatic heterocycles. The normalized spacial score (nSPS) is 12.0. The molecule has 0 spiro atoms. The predicted molar refractivity (Wildman–Crippen MR) is 108 cm³/mol. The largest absolute Gasteiger partial charge is 0.508 e. The molecule has 0 aliphatic rings. The van der Waals surface area contributed by atoms with Crippen molar-refractivity contribution in [1.29, 1.82) is 0 Å². The highest BCUT2D eigenvalue weighted by Crippen LogP contribution is 2.36. The molecule has 0 bridgehead atoms. The Kier molecular flexibility index (Phi) is 10.8. The maximum atomic E-state index is 5.69. The molecule has 1 unspecified atom stereocenters. The van der Waals surface area contributed by atoms with Gasteiger partial charge in [-0.3, -0.25) is 9.97 Å². The van der Waals surface area contributed by atoms with Gasteiger partial charge in [0.25, 0.3) is 0 Å². The third kappa shape index (κ3) is 4.71. The molecule has 0 amide bonds. The summed E-state index contributed by atoms with van der Waals surface area (Å²) in [4.78, 5) is 8.38. The minimum Gasteiger partial charge on any atom is -0.376 e. The van der Waals surface area contributed by atoms with Crippen molar-refractivity contribution in [3.8, 4) is 11.1 Å². The Morgan fingerprint density at radius 3 is 1.96 bits per heavy atom. The molecule has 8 heteroatoms. The molecule has 0 fully saturated rings. The van der Waals surface area contributed by atoms with Crippen LogP contribution in [0, 0.1) is 0 Å². The minimum atomic E-state index is -2.81. The van der Waals surface area contributed by atoms with Crippen molar-refractivity contribution in [2.75, 3.05) is 21.3 Å². The number of rotatable bonds is 7. The molecule has 0 saturated heterocycles. The summed E-state index contributed by atoms with van der Waals surface area (Å²) in [5.41, 5.74) is 3.29. The Hall–Kier alpha value is -0.643. The van der Waals surface area contributed by atoms with Gasteiger partial charge in [-0.05, 0) is 41.3 Å². The summed E-state index contributed by atoms with van der Waals surface area (Å²) in [6.45, 7) is 2.10. The summed E-state index contributed by atoms with van der Waals surface area (Å²) in [7, 11) is 2.12. The predicted octanol–water partition coefficient (Wildman–Crippen LogP) is 4.21. The Labute approximate surface area is 165 Å². The van der Waals surface area contributed by atoms with Gasteiger partial charge in [-0.15, -0.1) is 34.0 Å². The zero-order valence-corrected chi connectivity index (χ0v) is 18.7. The topological polar surface area (TPSA) is 53.5 Å². The quantitative estimate of drug-likeness (QED) is 0.556. The monoisotopic (exact) mass is 478 g/mol. The van der Waals surface area contributed by atoms with Crippen molar-refractivity contribution >= 4 is 42.8 Å². The molecule has 2 aromatic rings. The Morgan fingerprint density at radius 2 is 1.46 bits per heavy atom. The van der Waals surface area contributed by atoms with Gasteiger partial charge in [0.1, 0.15) is 0 Å². The second-order valence-corrected chi connectivity index (χ2v) is 8.00. The number of aromatic nitrogens is 2. The van der Waals surface area contributed by atoms with E-state index in [0.717, 1.165) is 23.1 Å². The summed E-state index contributed by atoms with van der Waals surface area (Å²) < 4.78 is 17.1. The van der Waals surface area contributed by atoms with E-state index in [0.29, 0.717) is 0 Å². The van der Waals surface area contributed by atoms with Crippen LogP contribution in [0.3, 0.4) is 0 Å². The average Bonchev–Trinajstić information content (AvgIpc) is 2.61. The van der Waals surface area contributed by atoms with Crippen molar-refractivity contribution in [3.05, 3.63) is 48.5 Å². The fraction of sp³-hybridized carbons (Fsp3) is 0.375. The molecule has 134 valence electrons. The lowest BCUT2D eigenvalue weighted by Crippen LogP contribution is -2.49. The first-order valence-electron chi connectivity index (χ1n) is 7.22. The second kappa shape index (κ2) is 11.1. The second-order valence-electron chi connectivity index (χ2n) is 4.88. The zero-order chi connectivity index (χ0) is 16.0. The van der Waals surface area contributed by atoms with Crippen LogP contribution in [-0.4, -0.2) is 40.1 Å². The Balaban J connectivity index is 0.00000264. The Morgan fingerprint density at radius 1 is 0.917 bits per heavy atom. The maximum absolute atomic E-state index is 5.69. The first kappa shape index (κ1) is 23.4. The smallest absolute Gasteiger partial charge is 0.376 e. The van der Waals surface area contributed by atoms with Crippen LogP contribution < -0.4 is 0 Å². The van der Waals surface area contributed by atoms with E-state index < -0.39 is 8.80 Å². The van der Waals surface area contributed by atoms with Gasteiger partial charge >= 0.3 is 8.80 Å². The van der Waals surface area contributed by atoms with E-state index in [2.05, 4.69) is 16.9 Å². The van der Waals surface area contributed by atoms with Gasteiger partial charge < -0.3 is 13.3 Å². The standard InChI is InChI=1S/C16H22N2O3Si.2BrH/c1-5-16(22(19-2,20-3)21-4)15-12-18-11-8-14(15)13-6-9-17-10-7-13;;/h6-12,16H,5H2,1-4H3;2*1H. The van der Waals surface area contributed by atoms with E-state index in [-0.39, 0.29) is 39.5 Å². The van der Waals surface area contributed by atoms with Gasteiger partial charge in [0, 0.05) is 46.1 Å². The Bertz CT molecular complexity index is 593. The number of pyridine rings is 2. The van der Waals surface area contributed by atoms with E-state index in [4.69, 9.17) is 13.3 Å². The first-order valence-corrected chi connectivity index (χ1v) is 9.02. The van der Waals surface area contributed by atoms with Crippen molar-refractivity contribution < 1.29 is 13.3 Å². The van der Waals surface area contributed by atoms with E-state index in [1.165, 1.54) is 0 Å². The fourth-order valence-electron chi connectivity index (χ4n) is 2.82. The lowest BCUT2D eigenvalue weighted by Gasteiger charge is -2.33. The molecular weight excluding hydrogens is 456 g/mol. The van der Waals surface area contributed by atoms with Gasteiger partial charge in [-0.1, -0.05) is 6.92 Å². The van der Waals surface area contributed by atoms with E-state index in [1.54, 1.807) is 39.9 Å². The maximum Gasteiger partial charge on any atom is 0.508 e. The summed E-state index contributed by atoms with van der Waals surface area (Å²) in [5, 5.41) is 0. The fourth-order valence-corrected chi connectivity index (χ4v) is 5.28. The summed E-state index contributed by atoms with van der Waals surface area (Å²) in [5.74, 6) is 0. The highest BCUT2D eigenvalue weighted by molar-refractivity contribution is 8.93. The van der Waals surface area contributed by atoms with Crippen LogP contribution in [0.25, 0.3) is 11.1 Å². The van der Waals surface area contributed by atoms with Crippen LogP contribution in [0.15, 0.2) is 43.0 Å². The first-order chi connectivity index (χ1) is 10.7. The number of halogens is 2. The summed E-state index contributed by atoms with van der Waals surface area (Å²) in [6, 6.07) is 5.98. The van der Waals surface area contributed by atoms with E-state index in [1.807, 2.05) is 24.4 Å². The molecule has 2 aromatic heterocycles. The molecule has 5 nitrogen and oxygen atoms in total. The lowest BCUT2D eigenvalue weighted by molar-refractivity contribution is 0.111. The third-order valence-corrected chi connectivity index (χ3v) is 7.19. The average molecular weight is 480 g/mol. The van der Waals surface area contributed by atoms with Gasteiger partial charge in [0.05, 0.1) is 5.54 Å². The van der Waals surface area contributed by atoms with E-state index in [9.17, 15) is 0 Å². The molecule has 0 aromatic carbocycles. The number of hydrogen-bond donors (Lipinski definition) is 0. The molecule has 0 N–H and O–H groups in total. The molecule has 0 saturated carbocycles. The van der Waals surface area contributed by atoms with Crippen LogP contribution in [0.5, 0.6) is 0 Å². The number of hydrogen-bond acceptors (Lipinski definition) is 5.